The predicted molar refractivity (Wildman–Crippen MR) is 68.8 cm³/mol. The van der Waals surface area contributed by atoms with E-state index in [2.05, 4.69) is 16.1 Å². The van der Waals surface area contributed by atoms with E-state index in [4.69, 9.17) is 11.2 Å². The van der Waals surface area contributed by atoms with Crippen molar-refractivity contribution in [3.8, 4) is 12.3 Å². The van der Waals surface area contributed by atoms with Gasteiger partial charge in [-0.15, -0.1) is 6.42 Å². The number of hydrogen-bond donors (Lipinski definition) is 2. The van der Waals surface area contributed by atoms with Crippen molar-refractivity contribution >= 4 is 0 Å². The minimum Gasteiger partial charge on any atom is -0.395 e. The lowest BCUT2D eigenvalue weighted by atomic mass is 10.0. The maximum atomic E-state index is 9.26. The molecule has 2 N–H and O–H groups in total. The number of terminal acetylenes is 1. The van der Waals surface area contributed by atoms with Gasteiger partial charge in [-0.3, -0.25) is 4.90 Å². The average Bonchev–Trinajstić information content (AvgIpc) is 2.37. The van der Waals surface area contributed by atoms with Gasteiger partial charge >= 0.3 is 0 Å². The molecule has 1 aliphatic rings. The summed E-state index contributed by atoms with van der Waals surface area (Å²) >= 11 is 0. The van der Waals surface area contributed by atoms with Crippen molar-refractivity contribution in [1.82, 2.24) is 10.2 Å². The molecule has 0 aromatic heterocycles. The SMILES string of the molecule is C#CCN1CCC(NC(CO)CCOC)CC1. The first kappa shape index (κ1) is 14.5. The number of aliphatic hydroxyl groups is 1. The highest BCUT2D eigenvalue weighted by Gasteiger charge is 2.20. The third-order valence-electron chi connectivity index (χ3n) is 3.26. The monoisotopic (exact) mass is 240 g/mol. The molecule has 0 spiro atoms. The van der Waals surface area contributed by atoms with Gasteiger partial charge in [0.1, 0.15) is 0 Å². The fraction of sp³-hybridized carbons (Fsp3) is 0.846. The molecule has 0 amide bonds. The normalized spacial score (nSPS) is 20.1. The van der Waals surface area contributed by atoms with Gasteiger partial charge in [-0.05, 0) is 19.3 Å². The van der Waals surface area contributed by atoms with Crippen LogP contribution < -0.4 is 5.32 Å². The molecule has 0 radical (unpaired) electrons. The smallest absolute Gasteiger partial charge is 0.0598 e. The maximum absolute atomic E-state index is 9.26. The Bertz CT molecular complexity index is 232. The Kier molecular flexibility index (Phi) is 7.22. The number of aliphatic hydroxyl groups excluding tert-OH is 1. The summed E-state index contributed by atoms with van der Waals surface area (Å²) in [5.41, 5.74) is 0. The molecule has 0 aromatic rings. The van der Waals surface area contributed by atoms with Gasteiger partial charge in [-0.1, -0.05) is 5.92 Å². The van der Waals surface area contributed by atoms with Crippen molar-refractivity contribution in [1.29, 1.82) is 0 Å². The zero-order chi connectivity index (χ0) is 12.5. The first-order valence-electron chi connectivity index (χ1n) is 6.31. The van der Waals surface area contributed by atoms with Gasteiger partial charge in [0.25, 0.3) is 0 Å². The molecular weight excluding hydrogens is 216 g/mol. The van der Waals surface area contributed by atoms with Gasteiger partial charge in [-0.25, -0.2) is 0 Å². The Morgan fingerprint density at radius 2 is 2.24 bits per heavy atom. The summed E-state index contributed by atoms with van der Waals surface area (Å²) in [6, 6.07) is 0.650. The second-order valence-electron chi connectivity index (χ2n) is 4.58. The first-order valence-corrected chi connectivity index (χ1v) is 6.31. The Morgan fingerprint density at radius 3 is 2.76 bits per heavy atom. The Hall–Kier alpha value is -0.600. The van der Waals surface area contributed by atoms with E-state index >= 15 is 0 Å². The van der Waals surface area contributed by atoms with E-state index in [0.29, 0.717) is 12.6 Å². The minimum absolute atomic E-state index is 0.152. The average molecular weight is 240 g/mol. The van der Waals surface area contributed by atoms with Gasteiger partial charge in [0.05, 0.1) is 13.2 Å². The number of methoxy groups -OCH3 is 1. The summed E-state index contributed by atoms with van der Waals surface area (Å²) in [5, 5.41) is 12.8. The van der Waals surface area contributed by atoms with Crippen molar-refractivity contribution in [3.63, 3.8) is 0 Å². The van der Waals surface area contributed by atoms with E-state index < -0.39 is 0 Å². The molecule has 1 fully saturated rings. The van der Waals surface area contributed by atoms with Crippen LogP contribution in [0.3, 0.4) is 0 Å². The number of piperidine rings is 1. The topological polar surface area (TPSA) is 44.7 Å². The Morgan fingerprint density at radius 1 is 1.53 bits per heavy atom. The van der Waals surface area contributed by atoms with Crippen LogP contribution in [0.1, 0.15) is 19.3 Å². The van der Waals surface area contributed by atoms with Gasteiger partial charge in [0, 0.05) is 38.9 Å². The van der Waals surface area contributed by atoms with Crippen LogP contribution in [0.15, 0.2) is 0 Å². The second kappa shape index (κ2) is 8.48. The van der Waals surface area contributed by atoms with Gasteiger partial charge in [0.2, 0.25) is 0 Å². The van der Waals surface area contributed by atoms with Crippen LogP contribution in [0, 0.1) is 12.3 Å². The van der Waals surface area contributed by atoms with Crippen LogP contribution in [0.2, 0.25) is 0 Å². The first-order chi connectivity index (χ1) is 8.30. The van der Waals surface area contributed by atoms with E-state index in [0.717, 1.165) is 38.9 Å². The van der Waals surface area contributed by atoms with Crippen molar-refractivity contribution < 1.29 is 9.84 Å². The summed E-state index contributed by atoms with van der Waals surface area (Å²) < 4.78 is 5.03. The minimum atomic E-state index is 0.152. The molecule has 17 heavy (non-hydrogen) atoms. The molecular formula is C13H24N2O2. The zero-order valence-electron chi connectivity index (χ0n) is 10.7. The van der Waals surface area contributed by atoms with Gasteiger partial charge in [0.15, 0.2) is 0 Å². The van der Waals surface area contributed by atoms with Crippen LogP contribution in [-0.4, -0.2) is 62.0 Å². The van der Waals surface area contributed by atoms with E-state index in [9.17, 15) is 5.11 Å². The molecule has 1 unspecified atom stereocenters. The highest BCUT2D eigenvalue weighted by molar-refractivity contribution is 4.90. The Balaban J connectivity index is 2.21. The third-order valence-corrected chi connectivity index (χ3v) is 3.26. The van der Waals surface area contributed by atoms with Crippen LogP contribution in [0.4, 0.5) is 0 Å². The van der Waals surface area contributed by atoms with Crippen molar-refractivity contribution in [2.24, 2.45) is 0 Å². The quantitative estimate of drug-likeness (QED) is 0.618. The molecule has 1 saturated heterocycles. The van der Waals surface area contributed by atoms with E-state index in [1.54, 1.807) is 7.11 Å². The Labute approximate surface area is 104 Å². The number of nitrogens with zero attached hydrogens (tertiary/aromatic N) is 1. The lowest BCUT2D eigenvalue weighted by Gasteiger charge is -2.33. The third kappa shape index (κ3) is 5.51. The van der Waals surface area contributed by atoms with E-state index in [1.165, 1.54) is 0 Å². The highest BCUT2D eigenvalue weighted by atomic mass is 16.5. The summed E-state index contributed by atoms with van der Waals surface area (Å²) in [4.78, 5) is 2.29. The number of likely N-dealkylation sites (tertiary alicyclic amines) is 1. The summed E-state index contributed by atoms with van der Waals surface area (Å²) in [5.74, 6) is 2.68. The van der Waals surface area contributed by atoms with Crippen molar-refractivity contribution in [2.45, 2.75) is 31.3 Å². The number of hydrogen-bond acceptors (Lipinski definition) is 4. The predicted octanol–water partition coefficient (Wildman–Crippen LogP) is 0.0710. The van der Waals surface area contributed by atoms with E-state index in [-0.39, 0.29) is 12.6 Å². The molecule has 0 aliphatic carbocycles. The molecule has 1 rings (SSSR count). The van der Waals surface area contributed by atoms with Gasteiger partial charge < -0.3 is 15.2 Å². The highest BCUT2D eigenvalue weighted by Crippen LogP contribution is 2.11. The lowest BCUT2D eigenvalue weighted by molar-refractivity contribution is 0.142. The molecule has 1 aliphatic heterocycles. The fourth-order valence-electron chi connectivity index (χ4n) is 2.21. The summed E-state index contributed by atoms with van der Waals surface area (Å²) in [7, 11) is 1.69. The van der Waals surface area contributed by atoms with Crippen molar-refractivity contribution in [2.75, 3.05) is 40.0 Å². The summed E-state index contributed by atoms with van der Waals surface area (Å²) in [6.45, 7) is 3.70. The fourth-order valence-corrected chi connectivity index (χ4v) is 2.21. The molecule has 98 valence electrons. The maximum Gasteiger partial charge on any atom is 0.0598 e. The second-order valence-corrected chi connectivity index (χ2v) is 4.58. The number of ether oxygens (including phenoxy) is 1. The standard InChI is InChI=1S/C13H24N2O2/c1-3-7-15-8-4-12(5-9-15)14-13(11-16)6-10-17-2/h1,12-14,16H,4-11H2,2H3. The van der Waals surface area contributed by atoms with Crippen LogP contribution in [0.25, 0.3) is 0 Å². The molecule has 0 aromatic carbocycles. The van der Waals surface area contributed by atoms with E-state index in [1.807, 2.05) is 0 Å². The largest absolute Gasteiger partial charge is 0.395 e. The van der Waals surface area contributed by atoms with Crippen molar-refractivity contribution in [3.05, 3.63) is 0 Å². The number of nitrogens with one attached hydrogen (secondary N) is 1. The zero-order valence-corrected chi connectivity index (χ0v) is 10.7. The molecule has 4 nitrogen and oxygen atoms in total. The molecule has 0 bridgehead atoms. The number of rotatable bonds is 7. The molecule has 1 heterocycles. The van der Waals surface area contributed by atoms with Crippen LogP contribution in [0.5, 0.6) is 0 Å². The van der Waals surface area contributed by atoms with Crippen LogP contribution in [-0.2, 0) is 4.74 Å². The lowest BCUT2D eigenvalue weighted by Crippen LogP contribution is -2.47. The summed E-state index contributed by atoms with van der Waals surface area (Å²) in [6.07, 6.45) is 8.36. The van der Waals surface area contributed by atoms with Gasteiger partial charge in [-0.2, -0.15) is 0 Å². The molecule has 4 heteroatoms. The van der Waals surface area contributed by atoms with Crippen LogP contribution >= 0.6 is 0 Å². The molecule has 0 saturated carbocycles. The molecule has 1 atom stereocenters.